The zero-order chi connectivity index (χ0) is 14.5. The first-order chi connectivity index (χ1) is 9.60. The minimum absolute atomic E-state index is 0.0959. The maximum absolute atomic E-state index is 10.9. The van der Waals surface area contributed by atoms with Crippen LogP contribution in [0.5, 0.6) is 0 Å². The number of nitro benzene ring substituents is 1. The molecule has 6 nitrogen and oxygen atoms in total. The van der Waals surface area contributed by atoms with E-state index in [1.807, 2.05) is 6.07 Å². The molecule has 6 heteroatoms. The van der Waals surface area contributed by atoms with Gasteiger partial charge in [-0.2, -0.15) is 0 Å². The molecule has 1 heterocycles. The summed E-state index contributed by atoms with van der Waals surface area (Å²) in [5.74, 6) is 0.543. The van der Waals surface area contributed by atoms with Crippen LogP contribution in [-0.4, -0.2) is 31.2 Å². The Kier molecular flexibility index (Phi) is 4.79. The smallest absolute Gasteiger partial charge is 0.273 e. The Morgan fingerprint density at radius 3 is 2.55 bits per heavy atom. The maximum atomic E-state index is 10.9. The summed E-state index contributed by atoms with van der Waals surface area (Å²) in [6, 6.07) is 5.27. The molecule has 0 spiro atoms. The highest BCUT2D eigenvalue weighted by molar-refractivity contribution is 5.63. The lowest BCUT2D eigenvalue weighted by atomic mass is 9.93. The number of hydrogen-bond acceptors (Lipinski definition) is 5. The lowest BCUT2D eigenvalue weighted by molar-refractivity contribution is -0.384. The second kappa shape index (κ2) is 6.56. The average Bonchev–Trinajstić information content (AvgIpc) is 2.47. The van der Waals surface area contributed by atoms with Crippen molar-refractivity contribution in [3.63, 3.8) is 0 Å². The van der Waals surface area contributed by atoms with E-state index < -0.39 is 0 Å². The zero-order valence-corrected chi connectivity index (χ0v) is 11.9. The summed E-state index contributed by atoms with van der Waals surface area (Å²) in [7, 11) is 1.75. The van der Waals surface area contributed by atoms with E-state index in [4.69, 9.17) is 4.74 Å². The van der Waals surface area contributed by atoms with Gasteiger partial charge in [-0.3, -0.25) is 10.1 Å². The summed E-state index contributed by atoms with van der Waals surface area (Å²) in [4.78, 5) is 10.6. The monoisotopic (exact) mass is 279 g/mol. The molecule has 1 unspecified atom stereocenters. The Morgan fingerprint density at radius 2 is 1.95 bits per heavy atom. The lowest BCUT2D eigenvalue weighted by Gasteiger charge is -2.29. The fourth-order valence-electron chi connectivity index (χ4n) is 2.54. The van der Waals surface area contributed by atoms with Crippen LogP contribution in [0.3, 0.4) is 0 Å². The van der Waals surface area contributed by atoms with Crippen LogP contribution in [0.25, 0.3) is 0 Å². The van der Waals surface area contributed by atoms with E-state index in [0.717, 1.165) is 37.4 Å². The summed E-state index contributed by atoms with van der Waals surface area (Å²) in [6.45, 7) is 3.72. The standard InChI is InChI=1S/C14H21N3O3/c1-10(11-3-5-20-6-4-11)16-13-7-12(15-2)8-14(9-13)17(18)19/h7-11,15-16H,3-6H2,1-2H3. The number of nitrogens with zero attached hydrogens (tertiary/aromatic N) is 1. The maximum Gasteiger partial charge on any atom is 0.273 e. The number of ether oxygens (including phenoxy) is 1. The van der Waals surface area contributed by atoms with E-state index in [1.165, 1.54) is 6.07 Å². The fraction of sp³-hybridized carbons (Fsp3) is 0.571. The molecule has 0 aromatic heterocycles. The quantitative estimate of drug-likeness (QED) is 0.640. The highest BCUT2D eigenvalue weighted by atomic mass is 16.6. The van der Waals surface area contributed by atoms with Crippen molar-refractivity contribution in [3.8, 4) is 0 Å². The Labute approximate surface area is 118 Å². The number of nitrogens with one attached hydrogen (secondary N) is 2. The minimum Gasteiger partial charge on any atom is -0.388 e. The lowest BCUT2D eigenvalue weighted by Crippen LogP contribution is -2.30. The molecular weight excluding hydrogens is 258 g/mol. The topological polar surface area (TPSA) is 76.4 Å². The molecule has 1 aromatic rings. The molecule has 0 aliphatic carbocycles. The van der Waals surface area contributed by atoms with Crippen LogP contribution < -0.4 is 10.6 Å². The van der Waals surface area contributed by atoms with Gasteiger partial charge in [0.05, 0.1) is 4.92 Å². The van der Waals surface area contributed by atoms with Crippen LogP contribution in [0.15, 0.2) is 18.2 Å². The highest BCUT2D eigenvalue weighted by Crippen LogP contribution is 2.27. The van der Waals surface area contributed by atoms with Gasteiger partial charge in [0.15, 0.2) is 0 Å². The van der Waals surface area contributed by atoms with E-state index in [2.05, 4.69) is 17.6 Å². The molecule has 1 aliphatic heterocycles. The largest absolute Gasteiger partial charge is 0.388 e. The molecule has 110 valence electrons. The van der Waals surface area contributed by atoms with Gasteiger partial charge in [0.1, 0.15) is 0 Å². The summed E-state index contributed by atoms with van der Waals surface area (Å²) < 4.78 is 5.36. The van der Waals surface area contributed by atoms with Crippen molar-refractivity contribution in [2.75, 3.05) is 30.9 Å². The van der Waals surface area contributed by atoms with Gasteiger partial charge in [-0.1, -0.05) is 0 Å². The molecule has 1 saturated heterocycles. The van der Waals surface area contributed by atoms with Gasteiger partial charge in [0.2, 0.25) is 0 Å². The summed E-state index contributed by atoms with van der Waals surface area (Å²) in [5.41, 5.74) is 1.61. The normalized spacial score (nSPS) is 17.5. The summed E-state index contributed by atoms with van der Waals surface area (Å²) in [5, 5.41) is 17.3. The molecule has 0 amide bonds. The van der Waals surface area contributed by atoms with Crippen LogP contribution >= 0.6 is 0 Å². The van der Waals surface area contributed by atoms with Gasteiger partial charge in [-0.15, -0.1) is 0 Å². The Bertz CT molecular complexity index is 473. The molecule has 2 rings (SSSR count). The average molecular weight is 279 g/mol. The molecular formula is C14H21N3O3. The van der Waals surface area contributed by atoms with E-state index in [9.17, 15) is 10.1 Å². The Balaban J connectivity index is 2.11. The Morgan fingerprint density at radius 1 is 1.30 bits per heavy atom. The van der Waals surface area contributed by atoms with Crippen molar-refractivity contribution < 1.29 is 9.66 Å². The molecule has 1 aliphatic rings. The zero-order valence-electron chi connectivity index (χ0n) is 11.9. The number of nitro groups is 1. The molecule has 20 heavy (non-hydrogen) atoms. The van der Waals surface area contributed by atoms with Crippen LogP contribution in [0, 0.1) is 16.0 Å². The minimum atomic E-state index is -0.370. The molecule has 0 bridgehead atoms. The van der Waals surface area contributed by atoms with E-state index in [1.54, 1.807) is 13.1 Å². The molecule has 1 fully saturated rings. The third-order valence-electron chi connectivity index (χ3n) is 3.78. The van der Waals surface area contributed by atoms with Gasteiger partial charge >= 0.3 is 0 Å². The SMILES string of the molecule is CNc1cc(NC(C)C2CCOCC2)cc([N+](=O)[O-])c1. The second-order valence-corrected chi connectivity index (χ2v) is 5.16. The van der Waals surface area contributed by atoms with Crippen LogP contribution in [0.1, 0.15) is 19.8 Å². The van der Waals surface area contributed by atoms with Crippen molar-refractivity contribution in [1.29, 1.82) is 0 Å². The van der Waals surface area contributed by atoms with E-state index in [-0.39, 0.29) is 16.7 Å². The number of rotatable bonds is 5. The van der Waals surface area contributed by atoms with Gasteiger partial charge < -0.3 is 15.4 Å². The van der Waals surface area contributed by atoms with Crippen molar-refractivity contribution in [2.24, 2.45) is 5.92 Å². The molecule has 1 aromatic carbocycles. The molecule has 0 saturated carbocycles. The number of non-ortho nitro benzene ring substituents is 1. The van der Waals surface area contributed by atoms with Crippen molar-refractivity contribution in [1.82, 2.24) is 0 Å². The third kappa shape index (κ3) is 3.60. The number of benzene rings is 1. The second-order valence-electron chi connectivity index (χ2n) is 5.16. The first-order valence-corrected chi connectivity index (χ1v) is 6.91. The van der Waals surface area contributed by atoms with Gasteiger partial charge in [0.25, 0.3) is 5.69 Å². The molecule has 2 N–H and O–H groups in total. The molecule has 0 radical (unpaired) electrons. The third-order valence-corrected chi connectivity index (χ3v) is 3.78. The predicted octanol–water partition coefficient (Wildman–Crippen LogP) is 2.86. The first kappa shape index (κ1) is 14.6. The van der Waals surface area contributed by atoms with Gasteiger partial charge in [-0.05, 0) is 31.7 Å². The fourth-order valence-corrected chi connectivity index (χ4v) is 2.54. The Hall–Kier alpha value is -1.82. The van der Waals surface area contributed by atoms with Crippen molar-refractivity contribution >= 4 is 17.1 Å². The molecule has 1 atom stereocenters. The van der Waals surface area contributed by atoms with Crippen LogP contribution in [-0.2, 0) is 4.74 Å². The summed E-state index contributed by atoms with van der Waals surface area (Å²) in [6.07, 6.45) is 2.06. The van der Waals surface area contributed by atoms with Crippen LogP contribution in [0.4, 0.5) is 17.1 Å². The van der Waals surface area contributed by atoms with E-state index >= 15 is 0 Å². The number of hydrogen-bond donors (Lipinski definition) is 2. The van der Waals surface area contributed by atoms with E-state index in [0.29, 0.717) is 5.92 Å². The predicted molar refractivity (Wildman–Crippen MR) is 79.3 cm³/mol. The highest BCUT2D eigenvalue weighted by Gasteiger charge is 2.21. The summed E-state index contributed by atoms with van der Waals surface area (Å²) >= 11 is 0. The van der Waals surface area contributed by atoms with Crippen molar-refractivity contribution in [3.05, 3.63) is 28.3 Å². The number of anilines is 2. The van der Waals surface area contributed by atoms with Crippen LogP contribution in [0.2, 0.25) is 0 Å². The first-order valence-electron chi connectivity index (χ1n) is 6.91. The van der Waals surface area contributed by atoms with Crippen molar-refractivity contribution in [2.45, 2.75) is 25.8 Å². The van der Waals surface area contributed by atoms with Gasteiger partial charge in [-0.25, -0.2) is 0 Å². The van der Waals surface area contributed by atoms with Gasteiger partial charge in [0, 0.05) is 49.8 Å².